The van der Waals surface area contributed by atoms with Gasteiger partial charge < -0.3 is 5.11 Å². The van der Waals surface area contributed by atoms with E-state index in [9.17, 15) is 5.11 Å². The van der Waals surface area contributed by atoms with E-state index >= 15 is 0 Å². The van der Waals surface area contributed by atoms with E-state index in [2.05, 4.69) is 31.9 Å². The molecule has 0 aliphatic heterocycles. The number of rotatable bonds is 0. The van der Waals surface area contributed by atoms with Crippen LogP contribution in [-0.2, 0) is 6.42 Å². The highest BCUT2D eigenvalue weighted by molar-refractivity contribution is 9.11. The van der Waals surface area contributed by atoms with Crippen LogP contribution in [0.3, 0.4) is 0 Å². The second kappa shape index (κ2) is 3.71. The van der Waals surface area contributed by atoms with Crippen molar-refractivity contribution in [1.29, 1.82) is 0 Å². The number of fused-ring (bicyclic) bond motifs is 1. The van der Waals surface area contributed by atoms with Crippen LogP contribution < -0.4 is 0 Å². The Bertz CT molecular complexity index is 336. The molecular formula is C10H10Br2O. The van der Waals surface area contributed by atoms with E-state index in [0.717, 1.165) is 33.8 Å². The summed E-state index contributed by atoms with van der Waals surface area (Å²) in [7, 11) is 0. The van der Waals surface area contributed by atoms with Gasteiger partial charge in [-0.2, -0.15) is 0 Å². The first kappa shape index (κ1) is 9.69. The van der Waals surface area contributed by atoms with Gasteiger partial charge in [-0.3, -0.25) is 0 Å². The molecule has 0 aromatic heterocycles. The Kier molecular flexibility index (Phi) is 2.77. The number of hydrogen-bond acceptors (Lipinski definition) is 1. The van der Waals surface area contributed by atoms with Gasteiger partial charge in [0.05, 0.1) is 6.10 Å². The fourth-order valence-electron chi connectivity index (χ4n) is 1.84. The minimum Gasteiger partial charge on any atom is -0.388 e. The first-order valence-corrected chi connectivity index (χ1v) is 5.93. The lowest BCUT2D eigenvalue weighted by Gasteiger charge is -2.23. The molecule has 1 atom stereocenters. The molecule has 0 saturated heterocycles. The Labute approximate surface area is 94.4 Å². The Morgan fingerprint density at radius 1 is 1.23 bits per heavy atom. The topological polar surface area (TPSA) is 20.2 Å². The molecule has 13 heavy (non-hydrogen) atoms. The van der Waals surface area contributed by atoms with Crippen molar-refractivity contribution in [3.8, 4) is 0 Å². The van der Waals surface area contributed by atoms with Gasteiger partial charge in [-0.1, -0.05) is 31.9 Å². The average molecular weight is 306 g/mol. The Balaban J connectivity index is 2.60. The lowest BCUT2D eigenvalue weighted by molar-refractivity contribution is 0.155. The SMILES string of the molecule is O[C@@H]1CCCc2c(Br)ccc(Br)c21. The number of aliphatic hydroxyl groups is 1. The summed E-state index contributed by atoms with van der Waals surface area (Å²) in [5.41, 5.74) is 2.33. The Hall–Kier alpha value is 0.140. The van der Waals surface area contributed by atoms with Gasteiger partial charge in [0, 0.05) is 8.95 Å². The van der Waals surface area contributed by atoms with Crippen LogP contribution in [0.5, 0.6) is 0 Å². The molecule has 1 aromatic rings. The third kappa shape index (κ3) is 1.69. The van der Waals surface area contributed by atoms with Crippen molar-refractivity contribution in [3.63, 3.8) is 0 Å². The summed E-state index contributed by atoms with van der Waals surface area (Å²) in [5, 5.41) is 9.82. The molecule has 70 valence electrons. The molecule has 0 amide bonds. The molecule has 0 radical (unpaired) electrons. The van der Waals surface area contributed by atoms with Gasteiger partial charge in [0.1, 0.15) is 0 Å². The summed E-state index contributed by atoms with van der Waals surface area (Å²) < 4.78 is 2.14. The molecule has 0 heterocycles. The lowest BCUT2D eigenvalue weighted by atomic mass is 9.90. The first-order valence-electron chi connectivity index (χ1n) is 4.35. The maximum Gasteiger partial charge on any atom is 0.0804 e. The monoisotopic (exact) mass is 304 g/mol. The minimum atomic E-state index is -0.296. The van der Waals surface area contributed by atoms with Crippen LogP contribution in [0, 0.1) is 0 Å². The minimum absolute atomic E-state index is 0.296. The van der Waals surface area contributed by atoms with E-state index in [4.69, 9.17) is 0 Å². The molecule has 0 spiro atoms. The molecule has 0 unspecified atom stereocenters. The second-order valence-electron chi connectivity index (χ2n) is 3.33. The van der Waals surface area contributed by atoms with Gasteiger partial charge in [-0.15, -0.1) is 0 Å². The van der Waals surface area contributed by atoms with Gasteiger partial charge >= 0.3 is 0 Å². The van der Waals surface area contributed by atoms with E-state index in [1.807, 2.05) is 12.1 Å². The summed E-state index contributed by atoms with van der Waals surface area (Å²) >= 11 is 6.99. The van der Waals surface area contributed by atoms with Gasteiger partial charge in [-0.05, 0) is 42.5 Å². The molecule has 0 bridgehead atoms. The summed E-state index contributed by atoms with van der Waals surface area (Å²) in [6, 6.07) is 4.01. The molecule has 3 heteroatoms. The molecule has 0 saturated carbocycles. The second-order valence-corrected chi connectivity index (χ2v) is 5.04. The lowest BCUT2D eigenvalue weighted by Crippen LogP contribution is -2.10. The van der Waals surface area contributed by atoms with E-state index in [1.165, 1.54) is 5.56 Å². The first-order chi connectivity index (χ1) is 6.20. The molecule has 2 rings (SSSR count). The summed E-state index contributed by atoms with van der Waals surface area (Å²) in [4.78, 5) is 0. The zero-order chi connectivity index (χ0) is 9.42. The zero-order valence-electron chi connectivity index (χ0n) is 7.06. The smallest absolute Gasteiger partial charge is 0.0804 e. The van der Waals surface area contributed by atoms with Gasteiger partial charge in [0.15, 0.2) is 0 Å². The van der Waals surface area contributed by atoms with Crippen molar-refractivity contribution < 1.29 is 5.11 Å². The molecular weight excluding hydrogens is 296 g/mol. The van der Waals surface area contributed by atoms with E-state index in [0.29, 0.717) is 0 Å². The number of aliphatic hydroxyl groups excluding tert-OH is 1. The zero-order valence-corrected chi connectivity index (χ0v) is 10.2. The number of halogens is 2. The molecule has 1 aliphatic rings. The number of benzene rings is 1. The van der Waals surface area contributed by atoms with Crippen LogP contribution in [0.2, 0.25) is 0 Å². The number of hydrogen-bond donors (Lipinski definition) is 1. The van der Waals surface area contributed by atoms with Crippen molar-refractivity contribution in [1.82, 2.24) is 0 Å². The quantitative estimate of drug-likeness (QED) is 0.777. The van der Waals surface area contributed by atoms with Gasteiger partial charge in [-0.25, -0.2) is 0 Å². The van der Waals surface area contributed by atoms with Crippen LogP contribution in [0.15, 0.2) is 21.1 Å². The third-order valence-electron chi connectivity index (χ3n) is 2.48. The van der Waals surface area contributed by atoms with Crippen molar-refractivity contribution >= 4 is 31.9 Å². The fourth-order valence-corrected chi connectivity index (χ4v) is 3.02. The third-order valence-corrected chi connectivity index (χ3v) is 3.92. The molecule has 1 nitrogen and oxygen atoms in total. The van der Waals surface area contributed by atoms with Crippen LogP contribution in [-0.4, -0.2) is 5.11 Å². The van der Waals surface area contributed by atoms with Crippen molar-refractivity contribution in [2.45, 2.75) is 25.4 Å². The van der Waals surface area contributed by atoms with E-state index in [1.54, 1.807) is 0 Å². The summed E-state index contributed by atoms with van der Waals surface area (Å²) in [6.45, 7) is 0. The predicted molar refractivity (Wildman–Crippen MR) is 59.7 cm³/mol. The van der Waals surface area contributed by atoms with E-state index < -0.39 is 0 Å². The Morgan fingerprint density at radius 3 is 2.62 bits per heavy atom. The van der Waals surface area contributed by atoms with Crippen LogP contribution in [0.1, 0.15) is 30.1 Å². The summed E-state index contributed by atoms with van der Waals surface area (Å²) in [6.07, 6.45) is 2.72. The largest absolute Gasteiger partial charge is 0.388 e. The van der Waals surface area contributed by atoms with Crippen LogP contribution in [0.4, 0.5) is 0 Å². The van der Waals surface area contributed by atoms with E-state index in [-0.39, 0.29) is 6.10 Å². The highest BCUT2D eigenvalue weighted by Crippen LogP contribution is 2.38. The highest BCUT2D eigenvalue weighted by Gasteiger charge is 2.22. The highest BCUT2D eigenvalue weighted by atomic mass is 79.9. The fraction of sp³-hybridized carbons (Fsp3) is 0.400. The Morgan fingerprint density at radius 2 is 1.92 bits per heavy atom. The maximum atomic E-state index is 9.82. The molecule has 1 aliphatic carbocycles. The normalized spacial score (nSPS) is 21.3. The van der Waals surface area contributed by atoms with Crippen LogP contribution in [0.25, 0.3) is 0 Å². The maximum absolute atomic E-state index is 9.82. The average Bonchev–Trinajstić information content (AvgIpc) is 2.12. The van der Waals surface area contributed by atoms with Gasteiger partial charge in [0.25, 0.3) is 0 Å². The van der Waals surface area contributed by atoms with Crippen molar-refractivity contribution in [2.75, 3.05) is 0 Å². The van der Waals surface area contributed by atoms with Crippen molar-refractivity contribution in [3.05, 3.63) is 32.2 Å². The summed E-state index contributed by atoms with van der Waals surface area (Å²) in [5.74, 6) is 0. The molecule has 1 aromatic carbocycles. The molecule has 1 N–H and O–H groups in total. The predicted octanol–water partition coefficient (Wildman–Crippen LogP) is 3.58. The van der Waals surface area contributed by atoms with Crippen LogP contribution >= 0.6 is 31.9 Å². The van der Waals surface area contributed by atoms with Crippen molar-refractivity contribution in [2.24, 2.45) is 0 Å². The molecule has 0 fully saturated rings. The van der Waals surface area contributed by atoms with Gasteiger partial charge in [0.2, 0.25) is 0 Å². The standard InChI is InChI=1S/C10H10Br2O/c11-7-4-5-8(12)10-6(7)2-1-3-9(10)13/h4-5,9,13H,1-3H2/t9-/m1/s1.